The van der Waals surface area contributed by atoms with E-state index in [4.69, 9.17) is 5.73 Å². The molecular weight excluding hydrogens is 254 g/mol. The Labute approximate surface area is 107 Å². The first-order valence-corrected chi connectivity index (χ1v) is 6.62. The average Bonchev–Trinajstić information content (AvgIpc) is 2.88. The second-order valence-corrected chi connectivity index (χ2v) is 5.73. The van der Waals surface area contributed by atoms with Gasteiger partial charge in [-0.1, -0.05) is 0 Å². The van der Waals surface area contributed by atoms with Crippen LogP contribution >= 0.6 is 11.3 Å². The van der Waals surface area contributed by atoms with Crippen LogP contribution in [-0.2, 0) is 6.42 Å². The van der Waals surface area contributed by atoms with Crippen molar-refractivity contribution < 1.29 is 8.78 Å². The zero-order chi connectivity index (χ0) is 12.8. The van der Waals surface area contributed by atoms with Gasteiger partial charge in [-0.3, -0.25) is 0 Å². The Morgan fingerprint density at radius 1 is 1.33 bits per heavy atom. The predicted octanol–water partition coefficient (Wildman–Crippen LogP) is 3.12. The highest BCUT2D eigenvalue weighted by molar-refractivity contribution is 7.10. The lowest BCUT2D eigenvalue weighted by Gasteiger charge is -2.04. The van der Waals surface area contributed by atoms with Crippen LogP contribution in [0.3, 0.4) is 0 Å². The molecule has 1 saturated carbocycles. The monoisotopic (exact) mass is 266 g/mol. The first-order valence-electron chi connectivity index (χ1n) is 5.74. The van der Waals surface area contributed by atoms with Crippen LogP contribution < -0.4 is 5.73 Å². The number of thiazole rings is 1. The third-order valence-corrected chi connectivity index (χ3v) is 4.00. The van der Waals surface area contributed by atoms with E-state index in [1.807, 2.05) is 0 Å². The fourth-order valence-electron chi connectivity index (χ4n) is 1.85. The summed E-state index contributed by atoms with van der Waals surface area (Å²) in [5.41, 5.74) is 6.59. The molecule has 2 aromatic rings. The highest BCUT2D eigenvalue weighted by atomic mass is 32.1. The molecule has 0 atom stereocenters. The van der Waals surface area contributed by atoms with Crippen LogP contribution in [0, 0.1) is 11.6 Å². The Morgan fingerprint density at radius 2 is 2.11 bits per heavy atom. The molecule has 0 bridgehead atoms. The van der Waals surface area contributed by atoms with E-state index in [1.165, 1.54) is 17.4 Å². The van der Waals surface area contributed by atoms with E-state index in [1.54, 1.807) is 5.38 Å². The first-order chi connectivity index (χ1) is 8.56. The van der Waals surface area contributed by atoms with E-state index in [9.17, 15) is 8.78 Å². The minimum atomic E-state index is -0.460. The van der Waals surface area contributed by atoms with Crippen LogP contribution in [0.15, 0.2) is 23.6 Å². The molecule has 1 aromatic heterocycles. The van der Waals surface area contributed by atoms with Crippen LogP contribution in [0.1, 0.15) is 17.8 Å². The summed E-state index contributed by atoms with van der Waals surface area (Å²) in [6, 6.07) is 3.39. The fraction of sp³-hybridized carbons (Fsp3) is 0.308. The quantitative estimate of drug-likeness (QED) is 0.927. The van der Waals surface area contributed by atoms with Gasteiger partial charge in [-0.2, -0.15) is 0 Å². The Kier molecular flexibility index (Phi) is 2.68. The third kappa shape index (κ3) is 2.28. The lowest BCUT2D eigenvalue weighted by molar-refractivity contribution is 0.602. The van der Waals surface area contributed by atoms with Crippen molar-refractivity contribution in [3.63, 3.8) is 0 Å². The molecule has 2 nitrogen and oxygen atoms in total. The number of benzene rings is 1. The van der Waals surface area contributed by atoms with Crippen molar-refractivity contribution in [2.45, 2.75) is 24.8 Å². The van der Waals surface area contributed by atoms with Crippen molar-refractivity contribution in [2.75, 3.05) is 0 Å². The Bertz CT molecular complexity index is 590. The van der Waals surface area contributed by atoms with Crippen LogP contribution in [-0.4, -0.2) is 10.5 Å². The van der Waals surface area contributed by atoms with Crippen LogP contribution in [0.25, 0.3) is 11.3 Å². The number of halogens is 2. The summed E-state index contributed by atoms with van der Waals surface area (Å²) >= 11 is 1.45. The van der Waals surface area contributed by atoms with Gasteiger partial charge in [-0.15, -0.1) is 11.3 Å². The second-order valence-electron chi connectivity index (χ2n) is 4.79. The van der Waals surface area contributed by atoms with Gasteiger partial charge in [0.15, 0.2) is 0 Å². The molecule has 0 spiro atoms. The highest BCUT2D eigenvalue weighted by Gasteiger charge is 2.38. The van der Waals surface area contributed by atoms with Crippen LogP contribution in [0.4, 0.5) is 8.78 Å². The number of hydrogen-bond acceptors (Lipinski definition) is 3. The summed E-state index contributed by atoms with van der Waals surface area (Å²) < 4.78 is 26.7. The van der Waals surface area contributed by atoms with Gasteiger partial charge in [0, 0.05) is 22.9 Å². The second kappa shape index (κ2) is 4.10. The van der Waals surface area contributed by atoms with Gasteiger partial charge in [0.05, 0.1) is 10.7 Å². The number of aromatic nitrogens is 1. The van der Waals surface area contributed by atoms with Crippen molar-refractivity contribution in [3.05, 3.63) is 40.2 Å². The first kappa shape index (κ1) is 11.7. The Morgan fingerprint density at radius 3 is 2.83 bits per heavy atom. The summed E-state index contributed by atoms with van der Waals surface area (Å²) in [5, 5.41) is 2.63. The zero-order valence-corrected chi connectivity index (χ0v) is 10.4. The minimum Gasteiger partial charge on any atom is -0.325 e. The van der Waals surface area contributed by atoms with Crippen molar-refractivity contribution in [1.82, 2.24) is 4.98 Å². The van der Waals surface area contributed by atoms with Crippen LogP contribution in [0.2, 0.25) is 0 Å². The van der Waals surface area contributed by atoms with Crippen molar-refractivity contribution in [1.29, 1.82) is 0 Å². The fourth-order valence-corrected chi connectivity index (χ4v) is 2.80. The Balaban J connectivity index is 1.90. The molecule has 3 rings (SSSR count). The summed E-state index contributed by atoms with van der Waals surface area (Å²) in [7, 11) is 0. The molecule has 0 amide bonds. The molecule has 0 aliphatic heterocycles. The smallest absolute Gasteiger partial charge is 0.132 e. The van der Waals surface area contributed by atoms with E-state index >= 15 is 0 Å². The standard InChI is InChI=1S/C13H12F2N2S/c14-8-1-2-10(15)9(5-8)11-7-18-12(17-11)6-13(16)3-4-13/h1-2,5,7H,3-4,6,16H2. The van der Waals surface area contributed by atoms with E-state index in [2.05, 4.69) is 4.98 Å². The van der Waals surface area contributed by atoms with Crippen molar-refractivity contribution in [3.8, 4) is 11.3 Å². The number of nitrogens with two attached hydrogens (primary N) is 1. The molecule has 5 heteroatoms. The number of rotatable bonds is 3. The molecule has 94 valence electrons. The summed E-state index contributed by atoms with van der Waals surface area (Å²) in [6.07, 6.45) is 2.74. The molecule has 2 N–H and O–H groups in total. The molecule has 0 unspecified atom stereocenters. The summed E-state index contributed by atoms with van der Waals surface area (Å²) in [4.78, 5) is 4.34. The summed E-state index contributed by atoms with van der Waals surface area (Å²) in [6.45, 7) is 0. The zero-order valence-electron chi connectivity index (χ0n) is 9.62. The van der Waals surface area contributed by atoms with Crippen molar-refractivity contribution >= 4 is 11.3 Å². The molecule has 1 aliphatic carbocycles. The molecule has 0 saturated heterocycles. The van der Waals surface area contributed by atoms with Crippen LogP contribution in [0.5, 0.6) is 0 Å². The molecule has 1 aromatic carbocycles. The van der Waals surface area contributed by atoms with E-state index in [0.29, 0.717) is 12.1 Å². The predicted molar refractivity (Wildman–Crippen MR) is 67.3 cm³/mol. The van der Waals surface area contributed by atoms with Crippen molar-refractivity contribution in [2.24, 2.45) is 5.73 Å². The van der Waals surface area contributed by atoms with Gasteiger partial charge < -0.3 is 5.73 Å². The van der Waals surface area contributed by atoms with Gasteiger partial charge >= 0.3 is 0 Å². The normalized spacial score (nSPS) is 16.8. The maximum Gasteiger partial charge on any atom is 0.132 e. The molecular formula is C13H12F2N2S. The van der Waals surface area contributed by atoms with Gasteiger partial charge in [-0.25, -0.2) is 13.8 Å². The average molecular weight is 266 g/mol. The molecule has 1 aliphatic rings. The number of hydrogen-bond donors (Lipinski definition) is 1. The molecule has 1 heterocycles. The SMILES string of the molecule is NC1(Cc2nc(-c3cc(F)ccc3F)cs2)CC1. The van der Waals surface area contributed by atoms with E-state index in [0.717, 1.165) is 30.0 Å². The third-order valence-electron chi connectivity index (χ3n) is 3.15. The van der Waals surface area contributed by atoms with Gasteiger partial charge in [0.25, 0.3) is 0 Å². The minimum absolute atomic E-state index is 0.115. The van der Waals surface area contributed by atoms with E-state index < -0.39 is 11.6 Å². The number of nitrogens with zero attached hydrogens (tertiary/aromatic N) is 1. The topological polar surface area (TPSA) is 38.9 Å². The van der Waals surface area contributed by atoms with E-state index in [-0.39, 0.29) is 11.1 Å². The maximum absolute atomic E-state index is 13.6. The van der Waals surface area contributed by atoms with Gasteiger partial charge in [0.2, 0.25) is 0 Å². The van der Waals surface area contributed by atoms with Gasteiger partial charge in [0.1, 0.15) is 11.6 Å². The highest BCUT2D eigenvalue weighted by Crippen LogP contribution is 2.37. The lowest BCUT2D eigenvalue weighted by atomic mass is 10.1. The Hall–Kier alpha value is -1.33. The molecule has 0 radical (unpaired) electrons. The molecule has 1 fully saturated rings. The van der Waals surface area contributed by atoms with Gasteiger partial charge in [-0.05, 0) is 31.0 Å². The maximum atomic E-state index is 13.6. The molecule has 18 heavy (non-hydrogen) atoms. The largest absolute Gasteiger partial charge is 0.325 e. The summed E-state index contributed by atoms with van der Waals surface area (Å²) in [5.74, 6) is -0.916. The lowest BCUT2D eigenvalue weighted by Crippen LogP contribution is -2.24.